The number of hydrogen-bond acceptors (Lipinski definition) is 5. The van der Waals surface area contributed by atoms with Gasteiger partial charge in [-0.05, 0) is 24.1 Å². The van der Waals surface area contributed by atoms with Crippen molar-refractivity contribution in [1.29, 1.82) is 0 Å². The molecule has 154 valence electrons. The smallest absolute Gasteiger partial charge is 0.272 e. The second-order valence-corrected chi connectivity index (χ2v) is 9.54. The van der Waals surface area contributed by atoms with Crippen LogP contribution in [-0.2, 0) is 17.6 Å². The van der Waals surface area contributed by atoms with E-state index in [-0.39, 0.29) is 17.2 Å². The monoisotopic (exact) mass is 437 g/mol. The Balaban J connectivity index is 1.48. The van der Waals surface area contributed by atoms with Crippen molar-refractivity contribution in [1.82, 2.24) is 14.9 Å². The maximum atomic E-state index is 13.2. The quantitative estimate of drug-likeness (QED) is 0.451. The third-order valence-corrected chi connectivity index (χ3v) is 6.96. The van der Waals surface area contributed by atoms with E-state index in [1.54, 1.807) is 16.3 Å². The van der Waals surface area contributed by atoms with E-state index in [1.165, 1.54) is 17.3 Å². The van der Waals surface area contributed by atoms with E-state index in [2.05, 4.69) is 12.2 Å². The lowest BCUT2D eigenvalue weighted by molar-refractivity contribution is -0.118. The summed E-state index contributed by atoms with van der Waals surface area (Å²) in [6.45, 7) is 2.69. The molecule has 1 aliphatic heterocycles. The SMILES string of the molecule is CC1Cc2nc(SCC(=O)NCCc3ccccc3)n(-c3ccccc3)c(=O)c2S1. The molecular weight excluding hydrogens is 414 g/mol. The second kappa shape index (κ2) is 9.53. The van der Waals surface area contributed by atoms with Crippen molar-refractivity contribution >= 4 is 29.4 Å². The highest BCUT2D eigenvalue weighted by Crippen LogP contribution is 2.34. The van der Waals surface area contributed by atoms with Gasteiger partial charge in [-0.15, -0.1) is 11.8 Å². The third kappa shape index (κ3) is 4.79. The first-order chi connectivity index (χ1) is 14.6. The molecule has 1 atom stereocenters. The number of aromatic nitrogens is 2. The van der Waals surface area contributed by atoms with Crippen molar-refractivity contribution in [3.05, 3.63) is 82.3 Å². The van der Waals surface area contributed by atoms with Gasteiger partial charge in [0.1, 0.15) is 0 Å². The number of thioether (sulfide) groups is 2. The number of hydrogen-bond donors (Lipinski definition) is 1. The van der Waals surface area contributed by atoms with Gasteiger partial charge < -0.3 is 5.32 Å². The van der Waals surface area contributed by atoms with Gasteiger partial charge in [0.05, 0.1) is 22.0 Å². The van der Waals surface area contributed by atoms with Crippen molar-refractivity contribution < 1.29 is 4.79 Å². The summed E-state index contributed by atoms with van der Waals surface area (Å²) in [6.07, 6.45) is 1.57. The number of fused-ring (bicyclic) bond motifs is 1. The van der Waals surface area contributed by atoms with E-state index >= 15 is 0 Å². The number of benzene rings is 2. The molecule has 0 bridgehead atoms. The molecule has 1 aromatic heterocycles. The van der Waals surface area contributed by atoms with E-state index in [4.69, 9.17) is 4.98 Å². The zero-order valence-corrected chi connectivity index (χ0v) is 18.3. The number of para-hydroxylation sites is 1. The minimum atomic E-state index is -0.0620. The Kier molecular flexibility index (Phi) is 6.59. The van der Waals surface area contributed by atoms with E-state index in [9.17, 15) is 9.59 Å². The molecule has 0 radical (unpaired) electrons. The van der Waals surface area contributed by atoms with Crippen molar-refractivity contribution in [3.8, 4) is 5.69 Å². The number of amides is 1. The summed E-state index contributed by atoms with van der Waals surface area (Å²) in [5, 5.41) is 3.86. The molecule has 1 aliphatic rings. The maximum Gasteiger partial charge on any atom is 0.272 e. The topological polar surface area (TPSA) is 64.0 Å². The fourth-order valence-corrected chi connectivity index (χ4v) is 5.33. The van der Waals surface area contributed by atoms with Crippen LogP contribution < -0.4 is 10.9 Å². The maximum absolute atomic E-state index is 13.2. The average molecular weight is 438 g/mol. The normalized spacial score (nSPS) is 15.0. The minimum Gasteiger partial charge on any atom is -0.355 e. The molecule has 1 unspecified atom stereocenters. The molecule has 0 saturated carbocycles. The van der Waals surface area contributed by atoms with Gasteiger partial charge in [-0.1, -0.05) is 67.2 Å². The van der Waals surface area contributed by atoms with Crippen molar-refractivity contribution in [2.75, 3.05) is 12.3 Å². The van der Waals surface area contributed by atoms with Crippen LogP contribution in [0.15, 0.2) is 75.5 Å². The largest absolute Gasteiger partial charge is 0.355 e. The van der Waals surface area contributed by atoms with Gasteiger partial charge >= 0.3 is 0 Å². The zero-order valence-electron chi connectivity index (χ0n) is 16.7. The zero-order chi connectivity index (χ0) is 20.9. The Hall–Kier alpha value is -2.51. The van der Waals surface area contributed by atoms with Gasteiger partial charge in [0, 0.05) is 18.2 Å². The number of nitrogens with one attached hydrogen (secondary N) is 1. The van der Waals surface area contributed by atoms with Crippen LogP contribution in [0.2, 0.25) is 0 Å². The summed E-state index contributed by atoms with van der Waals surface area (Å²) in [5.41, 5.74) is 2.75. The Labute approximate surface area is 184 Å². The fraction of sp³-hybridized carbons (Fsp3) is 0.261. The van der Waals surface area contributed by atoms with Crippen LogP contribution in [0.3, 0.4) is 0 Å². The minimum absolute atomic E-state index is 0.0486. The molecule has 1 amide bonds. The van der Waals surface area contributed by atoms with Gasteiger partial charge in [0.2, 0.25) is 5.91 Å². The first-order valence-electron chi connectivity index (χ1n) is 9.93. The molecule has 0 fully saturated rings. The summed E-state index contributed by atoms with van der Waals surface area (Å²) in [4.78, 5) is 31.1. The summed E-state index contributed by atoms with van der Waals surface area (Å²) < 4.78 is 1.63. The van der Waals surface area contributed by atoms with Crippen LogP contribution in [0.5, 0.6) is 0 Å². The molecule has 7 heteroatoms. The molecule has 0 spiro atoms. The van der Waals surface area contributed by atoms with Gasteiger partial charge in [-0.3, -0.25) is 14.2 Å². The van der Waals surface area contributed by atoms with Crippen molar-refractivity contribution in [2.24, 2.45) is 0 Å². The van der Waals surface area contributed by atoms with Crippen molar-refractivity contribution in [2.45, 2.75) is 35.1 Å². The third-order valence-electron chi connectivity index (χ3n) is 4.81. The van der Waals surface area contributed by atoms with Crippen LogP contribution >= 0.6 is 23.5 Å². The molecule has 5 nitrogen and oxygen atoms in total. The molecule has 0 saturated heterocycles. The lowest BCUT2D eigenvalue weighted by Crippen LogP contribution is -2.28. The predicted molar refractivity (Wildman–Crippen MR) is 123 cm³/mol. The lowest BCUT2D eigenvalue weighted by Gasteiger charge is -2.13. The summed E-state index contributed by atoms with van der Waals surface area (Å²) in [6, 6.07) is 19.6. The lowest BCUT2D eigenvalue weighted by atomic mass is 10.1. The highest BCUT2D eigenvalue weighted by atomic mass is 32.2. The van der Waals surface area contributed by atoms with Crippen molar-refractivity contribution in [3.63, 3.8) is 0 Å². The van der Waals surface area contributed by atoms with Gasteiger partial charge in [0.15, 0.2) is 5.16 Å². The molecule has 30 heavy (non-hydrogen) atoms. The highest BCUT2D eigenvalue weighted by molar-refractivity contribution is 8.00. The second-order valence-electron chi connectivity index (χ2n) is 7.15. The Morgan fingerprint density at radius 3 is 2.60 bits per heavy atom. The van der Waals surface area contributed by atoms with Gasteiger partial charge in [-0.2, -0.15) is 0 Å². The van der Waals surface area contributed by atoms with Crippen LogP contribution in [0.4, 0.5) is 0 Å². The summed E-state index contributed by atoms with van der Waals surface area (Å²) >= 11 is 2.89. The Morgan fingerprint density at radius 2 is 1.87 bits per heavy atom. The molecular formula is C23H23N3O2S2. The van der Waals surface area contributed by atoms with Gasteiger partial charge in [-0.25, -0.2) is 4.98 Å². The van der Waals surface area contributed by atoms with Gasteiger partial charge in [0.25, 0.3) is 5.56 Å². The summed E-state index contributed by atoms with van der Waals surface area (Å²) in [7, 11) is 0. The predicted octanol–water partition coefficient (Wildman–Crippen LogP) is 3.72. The standard InChI is InChI=1S/C23H23N3O2S2/c1-16-14-19-21(30-16)22(28)26(18-10-6-3-7-11-18)23(25-19)29-15-20(27)24-13-12-17-8-4-2-5-9-17/h2-11,16H,12-15H2,1H3,(H,24,27). The fourth-order valence-electron chi connectivity index (χ4n) is 3.37. The first-order valence-corrected chi connectivity index (χ1v) is 11.8. The van der Waals surface area contributed by atoms with E-state index < -0.39 is 0 Å². The molecule has 3 aromatic rings. The van der Waals surface area contributed by atoms with Crippen LogP contribution in [0, 0.1) is 0 Å². The molecule has 4 rings (SSSR count). The molecule has 0 aliphatic carbocycles. The van der Waals surface area contributed by atoms with Crippen LogP contribution in [0.1, 0.15) is 18.2 Å². The average Bonchev–Trinajstić information content (AvgIpc) is 3.14. The van der Waals surface area contributed by atoms with E-state index in [0.717, 1.165) is 29.1 Å². The first kappa shape index (κ1) is 20.8. The molecule has 1 N–H and O–H groups in total. The molecule has 2 heterocycles. The molecule has 2 aromatic carbocycles. The van der Waals surface area contributed by atoms with E-state index in [0.29, 0.717) is 17.0 Å². The van der Waals surface area contributed by atoms with Crippen LogP contribution in [-0.4, -0.2) is 33.0 Å². The number of carbonyl (C=O) groups is 1. The highest BCUT2D eigenvalue weighted by Gasteiger charge is 2.27. The Bertz CT molecular complexity index is 1080. The van der Waals surface area contributed by atoms with E-state index in [1.807, 2.05) is 60.7 Å². The number of carbonyl (C=O) groups excluding carboxylic acids is 1. The number of nitrogens with zero attached hydrogens (tertiary/aromatic N) is 2. The number of rotatable bonds is 7. The Morgan fingerprint density at radius 1 is 1.17 bits per heavy atom. The van der Waals surface area contributed by atoms with Crippen LogP contribution in [0.25, 0.3) is 5.69 Å². The summed E-state index contributed by atoms with van der Waals surface area (Å²) in [5.74, 6) is 0.156.